The van der Waals surface area contributed by atoms with Crippen LogP contribution in [0.4, 0.5) is 0 Å². The molecule has 1 fully saturated rings. The predicted molar refractivity (Wildman–Crippen MR) is 27.7 cm³/mol. The first-order valence-corrected chi connectivity index (χ1v) is 2.87. The number of carbonyl (C=O) groups excluding carboxylic acids is 1. The van der Waals surface area contributed by atoms with E-state index in [1.165, 1.54) is 0 Å². The van der Waals surface area contributed by atoms with Crippen LogP contribution in [0.2, 0.25) is 0 Å². The zero-order valence-corrected chi connectivity index (χ0v) is 4.94. The maximum Gasteiger partial charge on any atom is 0.361 e. The predicted octanol–water partition coefficient (Wildman–Crippen LogP) is 1.13. The summed E-state index contributed by atoms with van der Waals surface area (Å²) in [6.45, 7) is 1.74. The molecule has 0 bridgehead atoms. The van der Waals surface area contributed by atoms with E-state index in [-0.39, 0.29) is 0 Å². The van der Waals surface area contributed by atoms with E-state index in [0.717, 1.165) is 19.3 Å². The highest BCUT2D eigenvalue weighted by Crippen LogP contribution is 2.40. The van der Waals surface area contributed by atoms with Crippen LogP contribution in [-0.2, 0) is 9.90 Å². The van der Waals surface area contributed by atoms with Crippen LogP contribution in [0, 0.1) is 5.41 Å². The molecule has 0 saturated heterocycles. The molecule has 0 aromatic carbocycles. The Hall–Kier alpha value is -0.530. The van der Waals surface area contributed by atoms with Gasteiger partial charge in [0.25, 0.3) is 0 Å². The normalized spacial score (nSPS) is 24.1. The molecule has 0 spiro atoms. The van der Waals surface area contributed by atoms with Crippen LogP contribution in [0.25, 0.3) is 0 Å². The van der Waals surface area contributed by atoms with Crippen LogP contribution in [-0.4, -0.2) is 5.97 Å². The van der Waals surface area contributed by atoms with Gasteiger partial charge in [-0.1, -0.05) is 6.42 Å². The van der Waals surface area contributed by atoms with Gasteiger partial charge in [-0.25, -0.2) is 9.90 Å². The van der Waals surface area contributed by atoms with Gasteiger partial charge < -0.3 is 0 Å². The van der Waals surface area contributed by atoms with Crippen molar-refractivity contribution in [2.45, 2.75) is 26.2 Å². The van der Waals surface area contributed by atoms with Gasteiger partial charge in [-0.3, -0.25) is 0 Å². The van der Waals surface area contributed by atoms with E-state index in [4.69, 9.17) is 0 Å². The minimum atomic E-state index is -0.885. The third kappa shape index (κ3) is 0.602. The average Bonchev–Trinajstić information content (AvgIpc) is 1.60. The Morgan fingerprint density at radius 1 is 1.50 bits per heavy atom. The molecule has 0 unspecified atom stereocenters. The van der Waals surface area contributed by atoms with E-state index in [1.807, 2.05) is 0 Å². The van der Waals surface area contributed by atoms with Crippen molar-refractivity contribution in [1.29, 1.82) is 0 Å². The quantitative estimate of drug-likeness (QED) is 0.502. The molecule has 0 amide bonds. The van der Waals surface area contributed by atoms with Crippen molar-refractivity contribution in [3.05, 3.63) is 0 Å². The van der Waals surface area contributed by atoms with Crippen molar-refractivity contribution >= 4 is 5.97 Å². The minimum absolute atomic E-state index is 0.472. The fourth-order valence-corrected chi connectivity index (χ4v) is 0.911. The molecule has 1 rings (SSSR count). The first kappa shape index (κ1) is 5.60. The minimum Gasteiger partial charge on any atom is -0.247 e. The second-order valence-corrected chi connectivity index (χ2v) is 2.70. The summed E-state index contributed by atoms with van der Waals surface area (Å²) in [5, 5.41) is 10.2. The maximum atomic E-state index is 10.2. The number of rotatable bonds is 1. The lowest BCUT2D eigenvalue weighted by Gasteiger charge is -2.31. The van der Waals surface area contributed by atoms with Crippen LogP contribution in [0.1, 0.15) is 26.2 Å². The van der Waals surface area contributed by atoms with Gasteiger partial charge in [-0.2, -0.15) is 0 Å². The number of hydrogen-bond acceptors (Lipinski definition) is 1. The molecule has 0 aromatic heterocycles. The van der Waals surface area contributed by atoms with Crippen LogP contribution >= 0.6 is 0 Å². The van der Waals surface area contributed by atoms with Gasteiger partial charge in [0.1, 0.15) is 0 Å². The Morgan fingerprint density at radius 2 is 2.00 bits per heavy atom. The monoisotopic (exact) mass is 113 g/mol. The molecule has 1 radical (unpaired) electrons. The topological polar surface area (TPSA) is 37.0 Å². The molecule has 0 heterocycles. The lowest BCUT2D eigenvalue weighted by molar-refractivity contribution is -0.159. The van der Waals surface area contributed by atoms with Gasteiger partial charge in [0.15, 0.2) is 0 Å². The summed E-state index contributed by atoms with van der Waals surface area (Å²) in [6.07, 6.45) is 2.65. The van der Waals surface area contributed by atoms with Crippen LogP contribution in [0.3, 0.4) is 0 Å². The van der Waals surface area contributed by atoms with E-state index >= 15 is 0 Å². The molecule has 0 aliphatic heterocycles. The van der Waals surface area contributed by atoms with Crippen LogP contribution in [0.5, 0.6) is 0 Å². The first-order valence-electron chi connectivity index (χ1n) is 2.87. The highest BCUT2D eigenvalue weighted by molar-refractivity contribution is 5.74. The van der Waals surface area contributed by atoms with E-state index in [1.54, 1.807) is 6.92 Å². The smallest absolute Gasteiger partial charge is 0.247 e. The van der Waals surface area contributed by atoms with E-state index in [2.05, 4.69) is 0 Å². The molecule has 1 saturated carbocycles. The molecule has 45 valence electrons. The molecule has 1 aliphatic rings. The first-order chi connectivity index (χ1) is 3.65. The van der Waals surface area contributed by atoms with Crippen molar-refractivity contribution in [1.82, 2.24) is 0 Å². The zero-order chi connectivity index (χ0) is 6.20. The van der Waals surface area contributed by atoms with Crippen molar-refractivity contribution in [2.75, 3.05) is 0 Å². The number of hydrogen-bond donors (Lipinski definition) is 0. The summed E-state index contributed by atoms with van der Waals surface area (Å²) in [5.41, 5.74) is -0.472. The number of carbonyl (C=O) groups is 1. The van der Waals surface area contributed by atoms with Gasteiger partial charge in [0.2, 0.25) is 0 Å². The average molecular weight is 113 g/mol. The molecule has 8 heavy (non-hydrogen) atoms. The lowest BCUT2D eigenvalue weighted by atomic mass is 9.71. The summed E-state index contributed by atoms with van der Waals surface area (Å²) in [5.74, 6) is -0.885. The van der Waals surface area contributed by atoms with Gasteiger partial charge in [-0.15, -0.1) is 0 Å². The maximum absolute atomic E-state index is 10.2. The fourth-order valence-electron chi connectivity index (χ4n) is 0.911. The van der Waals surface area contributed by atoms with E-state index in [9.17, 15) is 9.90 Å². The van der Waals surface area contributed by atoms with Gasteiger partial charge >= 0.3 is 5.97 Å². The van der Waals surface area contributed by atoms with E-state index in [0.29, 0.717) is 0 Å². The molecule has 0 aromatic rings. The second kappa shape index (κ2) is 1.47. The summed E-state index contributed by atoms with van der Waals surface area (Å²) >= 11 is 0. The fraction of sp³-hybridized carbons (Fsp3) is 0.833. The Labute approximate surface area is 48.5 Å². The Morgan fingerprint density at radius 3 is 2.00 bits per heavy atom. The van der Waals surface area contributed by atoms with Crippen molar-refractivity contribution in [3.8, 4) is 0 Å². The van der Waals surface area contributed by atoms with Gasteiger partial charge in [-0.05, 0) is 19.8 Å². The summed E-state index contributed by atoms with van der Waals surface area (Å²) in [6, 6.07) is 0. The van der Waals surface area contributed by atoms with Crippen molar-refractivity contribution in [3.63, 3.8) is 0 Å². The zero-order valence-electron chi connectivity index (χ0n) is 4.94. The van der Waals surface area contributed by atoms with Gasteiger partial charge in [0, 0.05) is 0 Å². The molecule has 2 heteroatoms. The summed E-state index contributed by atoms with van der Waals surface area (Å²) in [7, 11) is 0. The lowest BCUT2D eigenvalue weighted by Crippen LogP contribution is -2.33. The molecular weight excluding hydrogens is 104 g/mol. The standard InChI is InChI=1S/C6H9O2/c1-6(5(7)8)3-2-4-6/h2-4H2,1H3. The SMILES string of the molecule is CC1(C([O])=O)CCC1. The Kier molecular flexibility index (Phi) is 1.03. The molecule has 1 aliphatic carbocycles. The molecule has 0 N–H and O–H groups in total. The van der Waals surface area contributed by atoms with E-state index < -0.39 is 11.4 Å². The highest BCUT2D eigenvalue weighted by atomic mass is 16.4. The van der Waals surface area contributed by atoms with Crippen molar-refractivity contribution in [2.24, 2.45) is 5.41 Å². The largest absolute Gasteiger partial charge is 0.361 e. The Balaban J connectivity index is 2.53. The van der Waals surface area contributed by atoms with Gasteiger partial charge in [0.05, 0.1) is 5.41 Å². The Bertz CT molecular complexity index is 114. The summed E-state index contributed by atoms with van der Waals surface area (Å²) in [4.78, 5) is 10.2. The summed E-state index contributed by atoms with van der Waals surface area (Å²) < 4.78 is 0. The highest BCUT2D eigenvalue weighted by Gasteiger charge is 2.40. The second-order valence-electron chi connectivity index (χ2n) is 2.70. The van der Waals surface area contributed by atoms with Crippen LogP contribution in [0.15, 0.2) is 0 Å². The third-order valence-electron chi connectivity index (χ3n) is 1.95. The molecule has 0 atom stereocenters. The molecular formula is C6H9O2. The third-order valence-corrected chi connectivity index (χ3v) is 1.95. The van der Waals surface area contributed by atoms with Crippen LogP contribution < -0.4 is 0 Å². The van der Waals surface area contributed by atoms with Crippen molar-refractivity contribution < 1.29 is 9.90 Å². The molecule has 2 nitrogen and oxygen atoms in total.